The smallest absolute Gasteiger partial charge is 0.142 e. The van der Waals surface area contributed by atoms with Gasteiger partial charge in [-0.25, -0.2) is 13.2 Å². The van der Waals surface area contributed by atoms with E-state index < -0.39 is 23.5 Å². The van der Waals surface area contributed by atoms with Gasteiger partial charge in [0.25, 0.3) is 0 Å². The summed E-state index contributed by atoms with van der Waals surface area (Å²) in [5, 5.41) is -0.00282. The lowest BCUT2D eigenvalue weighted by Crippen LogP contribution is -2.26. The molecule has 2 N–H and O–H groups in total. The van der Waals surface area contributed by atoms with Crippen LogP contribution in [0.5, 0.6) is 0 Å². The van der Waals surface area contributed by atoms with E-state index in [4.69, 9.17) is 17.3 Å². The van der Waals surface area contributed by atoms with Crippen molar-refractivity contribution in [3.63, 3.8) is 0 Å². The SMILES string of the molecule is NC(Cc1cccc(F)c1Cl)Cc1c(F)cccc1F. The molecule has 0 bridgehead atoms. The molecule has 0 aliphatic heterocycles. The van der Waals surface area contributed by atoms with Crippen molar-refractivity contribution < 1.29 is 13.2 Å². The first-order valence-electron chi connectivity index (χ1n) is 6.10. The zero-order chi connectivity index (χ0) is 14.7. The van der Waals surface area contributed by atoms with Crippen LogP contribution in [0.3, 0.4) is 0 Å². The molecule has 0 amide bonds. The van der Waals surface area contributed by atoms with E-state index in [0.717, 1.165) is 0 Å². The van der Waals surface area contributed by atoms with Crippen molar-refractivity contribution in [2.24, 2.45) is 5.73 Å². The lowest BCUT2D eigenvalue weighted by Gasteiger charge is -2.14. The van der Waals surface area contributed by atoms with Gasteiger partial charge >= 0.3 is 0 Å². The minimum atomic E-state index is -0.634. The van der Waals surface area contributed by atoms with E-state index in [9.17, 15) is 13.2 Å². The molecule has 1 unspecified atom stereocenters. The molecule has 0 saturated heterocycles. The molecule has 0 aliphatic rings. The molecule has 1 atom stereocenters. The Bertz CT molecular complexity index is 596. The highest BCUT2D eigenvalue weighted by Crippen LogP contribution is 2.22. The zero-order valence-corrected chi connectivity index (χ0v) is 11.3. The Morgan fingerprint density at radius 2 is 1.45 bits per heavy atom. The third-order valence-electron chi connectivity index (χ3n) is 3.04. The van der Waals surface area contributed by atoms with Crippen LogP contribution in [-0.2, 0) is 12.8 Å². The first-order chi connectivity index (χ1) is 9.49. The van der Waals surface area contributed by atoms with E-state index in [1.807, 2.05) is 0 Å². The summed E-state index contributed by atoms with van der Waals surface area (Å²) >= 11 is 5.82. The maximum absolute atomic E-state index is 13.5. The van der Waals surface area contributed by atoms with Crippen molar-refractivity contribution in [2.45, 2.75) is 18.9 Å². The standard InChI is InChI=1S/C15H13ClF3N/c16-15-9(3-1-6-14(15)19)7-10(20)8-11-12(17)4-2-5-13(11)18/h1-6,10H,7-8,20H2. The molecule has 0 spiro atoms. The van der Waals surface area contributed by atoms with Crippen molar-refractivity contribution in [2.75, 3.05) is 0 Å². The summed E-state index contributed by atoms with van der Waals surface area (Å²) in [4.78, 5) is 0. The van der Waals surface area contributed by atoms with Gasteiger partial charge in [0.05, 0.1) is 5.02 Å². The maximum atomic E-state index is 13.5. The third kappa shape index (κ3) is 3.32. The average Bonchev–Trinajstić information content (AvgIpc) is 2.39. The van der Waals surface area contributed by atoms with E-state index in [1.54, 1.807) is 6.07 Å². The fourth-order valence-corrected chi connectivity index (χ4v) is 2.25. The molecule has 0 aromatic heterocycles. The summed E-state index contributed by atoms with van der Waals surface area (Å²) < 4.78 is 40.3. The molecule has 0 saturated carbocycles. The van der Waals surface area contributed by atoms with Crippen LogP contribution in [0.4, 0.5) is 13.2 Å². The van der Waals surface area contributed by atoms with Gasteiger partial charge in [0.1, 0.15) is 17.5 Å². The van der Waals surface area contributed by atoms with E-state index in [1.165, 1.54) is 30.3 Å². The van der Waals surface area contributed by atoms with E-state index >= 15 is 0 Å². The van der Waals surface area contributed by atoms with E-state index in [0.29, 0.717) is 5.56 Å². The maximum Gasteiger partial charge on any atom is 0.142 e. The normalized spacial score (nSPS) is 12.4. The van der Waals surface area contributed by atoms with Crippen LogP contribution >= 0.6 is 11.6 Å². The van der Waals surface area contributed by atoms with E-state index in [2.05, 4.69) is 0 Å². The molecule has 106 valence electrons. The van der Waals surface area contributed by atoms with Crippen LogP contribution in [0.25, 0.3) is 0 Å². The highest BCUT2D eigenvalue weighted by molar-refractivity contribution is 6.31. The van der Waals surface area contributed by atoms with Gasteiger partial charge in [0, 0.05) is 11.6 Å². The van der Waals surface area contributed by atoms with Gasteiger partial charge in [0.2, 0.25) is 0 Å². The number of halogens is 4. The Kier molecular flexibility index (Phi) is 4.68. The van der Waals surface area contributed by atoms with Crippen molar-refractivity contribution in [3.05, 3.63) is 70.0 Å². The van der Waals surface area contributed by atoms with Crippen molar-refractivity contribution in [1.29, 1.82) is 0 Å². The Balaban J connectivity index is 2.13. The Labute approximate surface area is 120 Å². The minimum absolute atomic E-state index is 0.00282. The number of benzene rings is 2. The van der Waals surface area contributed by atoms with Gasteiger partial charge in [0.15, 0.2) is 0 Å². The first-order valence-corrected chi connectivity index (χ1v) is 6.48. The highest BCUT2D eigenvalue weighted by atomic mass is 35.5. The average molecular weight is 300 g/mol. The van der Waals surface area contributed by atoms with Crippen LogP contribution in [0.1, 0.15) is 11.1 Å². The number of hydrogen-bond donors (Lipinski definition) is 1. The Hall–Kier alpha value is -1.52. The molecular formula is C15H13ClF3N. The Morgan fingerprint density at radius 3 is 2.10 bits per heavy atom. The number of hydrogen-bond acceptors (Lipinski definition) is 1. The molecule has 0 fully saturated rings. The molecular weight excluding hydrogens is 287 g/mol. The summed E-state index contributed by atoms with van der Waals surface area (Å²) in [5.74, 6) is -1.80. The quantitative estimate of drug-likeness (QED) is 0.911. The van der Waals surface area contributed by atoms with Crippen LogP contribution in [0.15, 0.2) is 36.4 Å². The molecule has 2 rings (SSSR count). The second-order valence-electron chi connectivity index (χ2n) is 4.58. The highest BCUT2D eigenvalue weighted by Gasteiger charge is 2.15. The summed E-state index contributed by atoms with van der Waals surface area (Å²) in [6.45, 7) is 0. The summed E-state index contributed by atoms with van der Waals surface area (Å²) in [6, 6.07) is 7.51. The van der Waals surface area contributed by atoms with Gasteiger partial charge in [-0.1, -0.05) is 29.8 Å². The predicted molar refractivity (Wildman–Crippen MR) is 73.2 cm³/mol. The molecule has 2 aromatic rings. The van der Waals surface area contributed by atoms with Crippen molar-refractivity contribution in [1.82, 2.24) is 0 Å². The van der Waals surface area contributed by atoms with E-state index in [-0.39, 0.29) is 23.4 Å². The third-order valence-corrected chi connectivity index (χ3v) is 3.46. The van der Waals surface area contributed by atoms with Gasteiger partial charge in [-0.05, 0) is 36.6 Å². The largest absolute Gasteiger partial charge is 0.327 e. The molecule has 0 aliphatic carbocycles. The molecule has 2 aromatic carbocycles. The van der Waals surface area contributed by atoms with Crippen molar-refractivity contribution in [3.8, 4) is 0 Å². The molecule has 1 nitrogen and oxygen atoms in total. The van der Waals surface area contributed by atoms with Gasteiger partial charge < -0.3 is 5.73 Å². The summed E-state index contributed by atoms with van der Waals surface area (Å²) in [7, 11) is 0. The second kappa shape index (κ2) is 6.29. The fraction of sp³-hybridized carbons (Fsp3) is 0.200. The first kappa shape index (κ1) is 14.9. The fourth-order valence-electron chi connectivity index (χ4n) is 2.05. The lowest BCUT2D eigenvalue weighted by molar-refractivity contribution is 0.533. The monoisotopic (exact) mass is 299 g/mol. The zero-order valence-electron chi connectivity index (χ0n) is 10.5. The predicted octanol–water partition coefficient (Wildman–Crippen LogP) is 3.87. The van der Waals surface area contributed by atoms with Crippen LogP contribution in [0.2, 0.25) is 5.02 Å². The van der Waals surface area contributed by atoms with Gasteiger partial charge in [-0.3, -0.25) is 0 Å². The summed E-state index contributed by atoms with van der Waals surface area (Å²) in [5.41, 5.74) is 6.34. The lowest BCUT2D eigenvalue weighted by atomic mass is 9.99. The number of nitrogens with two attached hydrogens (primary N) is 1. The van der Waals surface area contributed by atoms with Gasteiger partial charge in [-0.15, -0.1) is 0 Å². The van der Waals surface area contributed by atoms with Crippen molar-refractivity contribution >= 4 is 11.6 Å². The molecule has 5 heteroatoms. The number of rotatable bonds is 4. The topological polar surface area (TPSA) is 26.0 Å². The molecule has 20 heavy (non-hydrogen) atoms. The second-order valence-corrected chi connectivity index (χ2v) is 4.96. The molecule has 0 radical (unpaired) electrons. The summed E-state index contributed by atoms with van der Waals surface area (Å²) in [6.07, 6.45) is 0.260. The van der Waals surface area contributed by atoms with Crippen LogP contribution in [0, 0.1) is 17.5 Å². The van der Waals surface area contributed by atoms with Gasteiger partial charge in [-0.2, -0.15) is 0 Å². The molecule has 0 heterocycles. The van der Waals surface area contributed by atoms with Crippen LogP contribution < -0.4 is 5.73 Å². The minimum Gasteiger partial charge on any atom is -0.327 e. The van der Waals surface area contributed by atoms with Crippen LogP contribution in [-0.4, -0.2) is 6.04 Å². The Morgan fingerprint density at radius 1 is 0.900 bits per heavy atom.